The van der Waals surface area contributed by atoms with E-state index in [0.29, 0.717) is 0 Å². The summed E-state index contributed by atoms with van der Waals surface area (Å²) in [6.45, 7) is 1.02. The van der Waals surface area contributed by atoms with Crippen molar-refractivity contribution in [2.45, 2.75) is 101 Å². The van der Waals surface area contributed by atoms with E-state index in [4.69, 9.17) is 0 Å². The second kappa shape index (κ2) is 4.85. The molecule has 0 amide bonds. The van der Waals surface area contributed by atoms with Crippen LogP contribution in [0.15, 0.2) is 0 Å². The molecule has 0 spiro atoms. The van der Waals surface area contributed by atoms with Crippen molar-refractivity contribution in [3.8, 4) is 0 Å². The van der Waals surface area contributed by atoms with Gasteiger partial charge >= 0.3 is 0 Å². The largest absolute Gasteiger partial charge is 0.336 e. The van der Waals surface area contributed by atoms with E-state index < -0.39 is 0 Å². The van der Waals surface area contributed by atoms with E-state index in [-0.39, 0.29) is 0 Å². The van der Waals surface area contributed by atoms with Crippen LogP contribution < -0.4 is 0 Å². The number of piperidine rings is 2. The first-order valence-corrected chi connectivity index (χ1v) is 8.71. The van der Waals surface area contributed by atoms with Gasteiger partial charge in [-0.05, 0) is 49.4 Å². The monoisotopic (exact) mass is 245 g/mol. The summed E-state index contributed by atoms with van der Waals surface area (Å²) in [4.78, 5) is 3.10. The maximum Gasteiger partial charge on any atom is 0.230 e. The van der Waals surface area contributed by atoms with Gasteiger partial charge in [-0.1, -0.05) is 51.4 Å². The first kappa shape index (κ1) is 11.8. The Labute approximate surface area is 113 Å². The molecule has 0 radical (unpaired) electrons. The fraction of sp³-hybridized carbons (Fsp3) is 1.00. The Morgan fingerprint density at radius 1 is 0.556 bits per heavy atom. The van der Waals surface area contributed by atoms with Gasteiger partial charge in [0.05, 0.1) is 0 Å². The molecule has 4 bridgehead atoms. The van der Waals surface area contributed by atoms with Gasteiger partial charge in [0, 0.05) is 0 Å². The van der Waals surface area contributed by atoms with Crippen LogP contribution in [0.2, 0.25) is 11.6 Å². The Kier molecular flexibility index (Phi) is 3.18. The van der Waals surface area contributed by atoms with Gasteiger partial charge < -0.3 is 4.81 Å². The van der Waals surface area contributed by atoms with E-state index in [1.807, 2.05) is 0 Å². The van der Waals surface area contributed by atoms with Gasteiger partial charge in [-0.15, -0.1) is 0 Å². The first-order chi connectivity index (χ1) is 8.93. The third-order valence-corrected chi connectivity index (χ3v) is 6.60. The van der Waals surface area contributed by atoms with Crippen molar-refractivity contribution in [1.29, 1.82) is 0 Å². The Bertz CT molecular complexity index is 231. The molecule has 0 saturated carbocycles. The molecule has 4 aliphatic heterocycles. The molecule has 4 saturated heterocycles. The minimum atomic E-state index is 0.990. The summed E-state index contributed by atoms with van der Waals surface area (Å²) in [5, 5.41) is 0. The number of nitrogens with zero attached hydrogens (tertiary/aromatic N) is 1. The van der Waals surface area contributed by atoms with Crippen LogP contribution in [0.1, 0.15) is 77.0 Å². The molecule has 18 heavy (non-hydrogen) atoms. The molecule has 0 aromatic heterocycles. The molecule has 4 heterocycles. The average Bonchev–Trinajstić information content (AvgIpc) is 2.36. The molecule has 0 aromatic rings. The molecule has 0 atom stereocenters. The van der Waals surface area contributed by atoms with Gasteiger partial charge in [0.2, 0.25) is 6.85 Å². The Balaban J connectivity index is 1.60. The number of hydrogen-bond donors (Lipinski definition) is 0. The fourth-order valence-corrected chi connectivity index (χ4v) is 5.98. The highest BCUT2D eigenvalue weighted by atomic mass is 15.2. The lowest BCUT2D eigenvalue weighted by atomic mass is 9.32. The molecule has 0 aliphatic carbocycles. The summed E-state index contributed by atoms with van der Waals surface area (Å²) in [7, 11) is 0. The summed E-state index contributed by atoms with van der Waals surface area (Å²) >= 11 is 0. The van der Waals surface area contributed by atoms with E-state index in [1.165, 1.54) is 51.4 Å². The summed E-state index contributed by atoms with van der Waals surface area (Å²) in [6.07, 6.45) is 18.4. The zero-order valence-electron chi connectivity index (χ0n) is 11.8. The molecule has 0 aromatic carbocycles. The highest BCUT2D eigenvalue weighted by Gasteiger charge is 2.48. The lowest BCUT2D eigenvalue weighted by Crippen LogP contribution is -2.61. The third-order valence-electron chi connectivity index (χ3n) is 6.60. The molecular weight excluding hydrogens is 217 g/mol. The van der Waals surface area contributed by atoms with Gasteiger partial charge in [0.15, 0.2) is 0 Å². The van der Waals surface area contributed by atoms with Crippen molar-refractivity contribution in [3.63, 3.8) is 0 Å². The molecule has 4 rings (SSSR count). The Morgan fingerprint density at radius 3 is 1.39 bits per heavy atom. The van der Waals surface area contributed by atoms with Crippen LogP contribution in [-0.4, -0.2) is 23.7 Å². The van der Waals surface area contributed by atoms with Crippen molar-refractivity contribution in [3.05, 3.63) is 0 Å². The highest BCUT2D eigenvalue weighted by Crippen LogP contribution is 2.50. The van der Waals surface area contributed by atoms with Crippen LogP contribution in [0, 0.1) is 0 Å². The number of hydrogen-bond acceptors (Lipinski definition) is 1. The lowest BCUT2D eigenvalue weighted by molar-refractivity contribution is 0.108. The molecule has 2 heteroatoms. The smallest absolute Gasteiger partial charge is 0.230 e. The summed E-state index contributed by atoms with van der Waals surface area (Å²) < 4.78 is 0. The van der Waals surface area contributed by atoms with Crippen molar-refractivity contribution in [2.24, 2.45) is 0 Å². The summed E-state index contributed by atoms with van der Waals surface area (Å²) in [6, 6.07) is 1.98. The van der Waals surface area contributed by atoms with Gasteiger partial charge in [0.25, 0.3) is 0 Å². The third kappa shape index (κ3) is 1.87. The average molecular weight is 245 g/mol. The number of fused-ring (bicyclic) bond motifs is 5. The maximum atomic E-state index is 3.10. The van der Waals surface area contributed by atoms with Gasteiger partial charge in [-0.3, -0.25) is 0 Å². The first-order valence-electron chi connectivity index (χ1n) is 8.71. The van der Waals surface area contributed by atoms with E-state index in [2.05, 4.69) is 4.81 Å². The van der Waals surface area contributed by atoms with Crippen LogP contribution in [-0.2, 0) is 0 Å². The number of rotatable bonds is 1. The second-order valence-corrected chi connectivity index (χ2v) is 7.49. The van der Waals surface area contributed by atoms with Gasteiger partial charge in [0.1, 0.15) is 0 Å². The van der Waals surface area contributed by atoms with Crippen LogP contribution in [0.25, 0.3) is 0 Å². The highest BCUT2D eigenvalue weighted by molar-refractivity contribution is 6.60. The second-order valence-electron chi connectivity index (χ2n) is 7.49. The van der Waals surface area contributed by atoms with Gasteiger partial charge in [-0.2, -0.15) is 0 Å². The Morgan fingerprint density at radius 2 is 0.944 bits per heavy atom. The predicted molar refractivity (Wildman–Crippen MR) is 78.1 cm³/mol. The van der Waals surface area contributed by atoms with Crippen LogP contribution in [0.3, 0.4) is 0 Å². The maximum absolute atomic E-state index is 3.10. The van der Waals surface area contributed by atoms with Crippen molar-refractivity contribution < 1.29 is 0 Å². The molecule has 1 nitrogen and oxygen atoms in total. The molecular formula is C16H28BN. The quantitative estimate of drug-likeness (QED) is 0.615. The lowest BCUT2D eigenvalue weighted by Gasteiger charge is -2.55. The van der Waals surface area contributed by atoms with Crippen LogP contribution >= 0.6 is 0 Å². The predicted octanol–water partition coefficient (Wildman–Crippen LogP) is 4.49. The van der Waals surface area contributed by atoms with E-state index in [0.717, 1.165) is 30.6 Å². The molecule has 4 fully saturated rings. The van der Waals surface area contributed by atoms with Crippen molar-refractivity contribution in [2.75, 3.05) is 0 Å². The topological polar surface area (TPSA) is 3.24 Å². The van der Waals surface area contributed by atoms with E-state index in [9.17, 15) is 0 Å². The standard InChI is InChI=1S/C16H28BN/c1-5-13-7-2-8-14(6-1)17(13)18-15-9-3-10-16(18)12-4-11-15/h13-16H,1-12H2. The minimum absolute atomic E-state index is 0.990. The summed E-state index contributed by atoms with van der Waals surface area (Å²) in [5.74, 6) is 2.16. The van der Waals surface area contributed by atoms with Crippen LogP contribution in [0.5, 0.6) is 0 Å². The molecule has 0 unspecified atom stereocenters. The van der Waals surface area contributed by atoms with Crippen molar-refractivity contribution >= 4 is 6.85 Å². The van der Waals surface area contributed by atoms with E-state index in [1.54, 1.807) is 25.7 Å². The SMILES string of the molecule is C1CC2CCCC(C1)B2N1C2CCCC1CCC2. The molecule has 0 N–H and O–H groups in total. The zero-order chi connectivity index (χ0) is 11.9. The normalized spacial score (nSPS) is 45.0. The summed E-state index contributed by atoms with van der Waals surface area (Å²) in [5.41, 5.74) is 0. The minimum Gasteiger partial charge on any atom is -0.336 e. The molecule has 4 aliphatic rings. The van der Waals surface area contributed by atoms with Gasteiger partial charge in [-0.25, -0.2) is 0 Å². The Hall–Kier alpha value is 0.0249. The van der Waals surface area contributed by atoms with Crippen molar-refractivity contribution in [1.82, 2.24) is 4.81 Å². The van der Waals surface area contributed by atoms with Crippen LogP contribution in [0.4, 0.5) is 0 Å². The fourth-order valence-electron chi connectivity index (χ4n) is 5.98. The zero-order valence-corrected chi connectivity index (χ0v) is 11.8. The van der Waals surface area contributed by atoms with E-state index >= 15 is 0 Å². The molecule has 100 valence electrons.